The maximum absolute atomic E-state index is 10.9. The number of aryl methyl sites for hydroxylation is 1. The molecule has 0 aliphatic heterocycles. The van der Waals surface area contributed by atoms with E-state index in [0.717, 1.165) is 22.6 Å². The molecule has 0 spiro atoms. The quantitative estimate of drug-likeness (QED) is 0.698. The maximum Gasteiger partial charge on any atom is 0.313 e. The van der Waals surface area contributed by atoms with Crippen molar-refractivity contribution in [2.75, 3.05) is 5.75 Å². The fourth-order valence-corrected chi connectivity index (χ4v) is 3.13. The van der Waals surface area contributed by atoms with Crippen molar-refractivity contribution in [2.24, 2.45) is 0 Å². The number of hydrogen-bond donors (Lipinski definition) is 1. The van der Waals surface area contributed by atoms with Gasteiger partial charge < -0.3 is 5.11 Å². The molecular formula is C18H17N3O2S. The molecule has 1 heterocycles. The summed E-state index contributed by atoms with van der Waals surface area (Å²) in [6, 6.07) is 18.1. The summed E-state index contributed by atoms with van der Waals surface area (Å²) in [5.74, 6) is -0.127. The summed E-state index contributed by atoms with van der Waals surface area (Å²) in [6.07, 6.45) is 0.634. The van der Waals surface area contributed by atoms with E-state index in [9.17, 15) is 4.79 Å². The number of aliphatic carboxylic acids is 1. The van der Waals surface area contributed by atoms with E-state index < -0.39 is 5.97 Å². The highest BCUT2D eigenvalue weighted by Crippen LogP contribution is 2.24. The lowest BCUT2D eigenvalue weighted by Crippen LogP contribution is -2.05. The minimum Gasteiger partial charge on any atom is -0.481 e. The number of aromatic nitrogens is 3. The molecule has 6 heteroatoms. The molecular weight excluding hydrogens is 322 g/mol. The van der Waals surface area contributed by atoms with Gasteiger partial charge in [0.15, 0.2) is 5.16 Å². The molecule has 0 bridgehead atoms. The number of nitrogens with zero attached hydrogens (tertiary/aromatic N) is 3. The van der Waals surface area contributed by atoms with Crippen molar-refractivity contribution in [1.82, 2.24) is 14.8 Å². The van der Waals surface area contributed by atoms with E-state index >= 15 is 0 Å². The third kappa shape index (κ3) is 3.83. The summed E-state index contributed by atoms with van der Waals surface area (Å²) < 4.78 is 1.94. The van der Waals surface area contributed by atoms with E-state index in [0.29, 0.717) is 11.6 Å². The van der Waals surface area contributed by atoms with Gasteiger partial charge in [0, 0.05) is 12.1 Å². The fraction of sp³-hybridized carbons (Fsp3) is 0.167. The second kappa shape index (κ2) is 7.31. The van der Waals surface area contributed by atoms with Crippen LogP contribution in [0.3, 0.4) is 0 Å². The van der Waals surface area contributed by atoms with Crippen molar-refractivity contribution < 1.29 is 9.90 Å². The molecule has 2 aromatic carbocycles. The fourth-order valence-electron chi connectivity index (χ4n) is 2.44. The van der Waals surface area contributed by atoms with Crippen molar-refractivity contribution in [2.45, 2.75) is 18.5 Å². The van der Waals surface area contributed by atoms with Crippen LogP contribution in [0.1, 0.15) is 17.0 Å². The second-order valence-electron chi connectivity index (χ2n) is 5.42. The van der Waals surface area contributed by atoms with Crippen LogP contribution in [-0.2, 0) is 11.2 Å². The monoisotopic (exact) mass is 339 g/mol. The minimum absolute atomic E-state index is 0.0463. The molecule has 0 aliphatic rings. The van der Waals surface area contributed by atoms with Gasteiger partial charge in [-0.15, -0.1) is 10.2 Å². The number of benzene rings is 2. The van der Waals surface area contributed by atoms with Gasteiger partial charge in [0.1, 0.15) is 5.82 Å². The summed E-state index contributed by atoms with van der Waals surface area (Å²) in [7, 11) is 0. The average molecular weight is 339 g/mol. The zero-order chi connectivity index (χ0) is 16.9. The third-order valence-electron chi connectivity index (χ3n) is 3.49. The second-order valence-corrected chi connectivity index (χ2v) is 6.36. The Morgan fingerprint density at radius 2 is 1.92 bits per heavy atom. The Balaban J connectivity index is 2.00. The van der Waals surface area contributed by atoms with Crippen molar-refractivity contribution in [3.8, 4) is 5.69 Å². The molecule has 1 N–H and O–H groups in total. The van der Waals surface area contributed by atoms with Gasteiger partial charge in [-0.2, -0.15) is 0 Å². The Morgan fingerprint density at radius 3 is 2.62 bits per heavy atom. The molecule has 24 heavy (non-hydrogen) atoms. The van der Waals surface area contributed by atoms with E-state index in [1.165, 1.54) is 11.8 Å². The number of carbonyl (C=O) groups is 1. The first kappa shape index (κ1) is 16.3. The highest BCUT2D eigenvalue weighted by atomic mass is 32.2. The molecule has 0 unspecified atom stereocenters. The number of thioether (sulfide) groups is 1. The Hall–Kier alpha value is -2.60. The smallest absolute Gasteiger partial charge is 0.313 e. The molecule has 0 saturated carbocycles. The van der Waals surface area contributed by atoms with Gasteiger partial charge in [0.05, 0.1) is 5.75 Å². The Morgan fingerprint density at radius 1 is 1.12 bits per heavy atom. The third-order valence-corrected chi connectivity index (χ3v) is 4.40. The lowest BCUT2D eigenvalue weighted by atomic mass is 10.1. The summed E-state index contributed by atoms with van der Waals surface area (Å²) in [5, 5.41) is 18.0. The van der Waals surface area contributed by atoms with Gasteiger partial charge in [-0.05, 0) is 30.2 Å². The van der Waals surface area contributed by atoms with Crippen molar-refractivity contribution in [3.63, 3.8) is 0 Å². The Labute approximate surface area is 144 Å². The molecule has 0 atom stereocenters. The summed E-state index contributed by atoms with van der Waals surface area (Å²) >= 11 is 1.18. The van der Waals surface area contributed by atoms with Crippen molar-refractivity contribution in [1.29, 1.82) is 0 Å². The molecule has 3 rings (SSSR count). The van der Waals surface area contributed by atoms with E-state index in [2.05, 4.69) is 10.2 Å². The SMILES string of the molecule is Cc1cccc(-n2c(Cc3ccccc3)nnc2SCC(=O)O)c1. The predicted octanol–water partition coefficient (Wildman–Crippen LogP) is 3.34. The topological polar surface area (TPSA) is 68.0 Å². The Kier molecular flexibility index (Phi) is 4.96. The first-order chi connectivity index (χ1) is 11.6. The van der Waals surface area contributed by atoms with Crippen LogP contribution >= 0.6 is 11.8 Å². The number of carboxylic acid groups (broad SMARTS) is 1. The van der Waals surface area contributed by atoms with Gasteiger partial charge in [-0.25, -0.2) is 0 Å². The normalized spacial score (nSPS) is 10.7. The van der Waals surface area contributed by atoms with Gasteiger partial charge in [0.25, 0.3) is 0 Å². The largest absolute Gasteiger partial charge is 0.481 e. The standard InChI is InChI=1S/C18H17N3O2S/c1-13-6-5-9-15(10-13)21-16(11-14-7-3-2-4-8-14)19-20-18(21)24-12-17(22)23/h2-10H,11-12H2,1H3,(H,22,23). The summed E-state index contributed by atoms with van der Waals surface area (Å²) in [5.41, 5.74) is 3.20. The average Bonchev–Trinajstić information content (AvgIpc) is 2.96. The lowest BCUT2D eigenvalue weighted by molar-refractivity contribution is -0.133. The Bertz CT molecular complexity index is 846. The number of carboxylic acids is 1. The van der Waals surface area contributed by atoms with E-state index in [1.807, 2.05) is 66.1 Å². The first-order valence-corrected chi connectivity index (χ1v) is 8.52. The van der Waals surface area contributed by atoms with E-state index in [-0.39, 0.29) is 5.75 Å². The maximum atomic E-state index is 10.9. The number of rotatable bonds is 6. The van der Waals surface area contributed by atoms with Crippen LogP contribution in [0.15, 0.2) is 59.8 Å². The van der Waals surface area contributed by atoms with Gasteiger partial charge >= 0.3 is 5.97 Å². The van der Waals surface area contributed by atoms with Crippen LogP contribution < -0.4 is 0 Å². The highest BCUT2D eigenvalue weighted by molar-refractivity contribution is 7.99. The molecule has 0 aliphatic carbocycles. The van der Waals surface area contributed by atoms with Crippen LogP contribution in [0.4, 0.5) is 0 Å². The molecule has 3 aromatic rings. The van der Waals surface area contributed by atoms with Crippen LogP contribution in [0, 0.1) is 6.92 Å². The molecule has 0 fully saturated rings. The van der Waals surface area contributed by atoms with E-state index in [4.69, 9.17) is 5.11 Å². The van der Waals surface area contributed by atoms with Crippen molar-refractivity contribution in [3.05, 3.63) is 71.5 Å². The van der Waals surface area contributed by atoms with Crippen LogP contribution in [0.2, 0.25) is 0 Å². The van der Waals surface area contributed by atoms with Gasteiger partial charge in [-0.1, -0.05) is 54.2 Å². The molecule has 5 nitrogen and oxygen atoms in total. The molecule has 0 radical (unpaired) electrons. The molecule has 0 saturated heterocycles. The summed E-state index contributed by atoms with van der Waals surface area (Å²) in [4.78, 5) is 10.9. The summed E-state index contributed by atoms with van der Waals surface area (Å²) in [6.45, 7) is 2.02. The minimum atomic E-state index is -0.872. The van der Waals surface area contributed by atoms with E-state index in [1.54, 1.807) is 0 Å². The molecule has 1 aromatic heterocycles. The zero-order valence-electron chi connectivity index (χ0n) is 13.2. The highest BCUT2D eigenvalue weighted by Gasteiger charge is 2.16. The molecule has 0 amide bonds. The van der Waals surface area contributed by atoms with Crippen molar-refractivity contribution >= 4 is 17.7 Å². The first-order valence-electron chi connectivity index (χ1n) is 7.53. The van der Waals surface area contributed by atoms with Crippen LogP contribution in [0.25, 0.3) is 5.69 Å². The zero-order valence-corrected chi connectivity index (χ0v) is 14.0. The molecule has 122 valence electrons. The van der Waals surface area contributed by atoms with Crippen LogP contribution in [0.5, 0.6) is 0 Å². The van der Waals surface area contributed by atoms with Gasteiger partial charge in [-0.3, -0.25) is 9.36 Å². The number of hydrogen-bond acceptors (Lipinski definition) is 4. The van der Waals surface area contributed by atoms with Gasteiger partial charge in [0.2, 0.25) is 0 Å². The van der Waals surface area contributed by atoms with Crippen LogP contribution in [-0.4, -0.2) is 31.6 Å². The lowest BCUT2D eigenvalue weighted by Gasteiger charge is -2.10. The predicted molar refractivity (Wildman–Crippen MR) is 93.7 cm³/mol.